The first-order valence-corrected chi connectivity index (χ1v) is 10.4. The van der Waals surface area contributed by atoms with Gasteiger partial charge in [0, 0.05) is 12.6 Å². The SMILES string of the molecule is C=CCN(C(=O)C1N([C@@H](CC)CO)C(=O)[C@@H]2[C@H](C(=O)O)[C@]3(C)CCC12O3)C(C)C. The molecule has 2 bridgehead atoms. The maximum absolute atomic E-state index is 13.8. The first-order valence-electron chi connectivity index (χ1n) is 10.4. The molecule has 162 valence electrons. The lowest BCUT2D eigenvalue weighted by atomic mass is 9.66. The van der Waals surface area contributed by atoms with E-state index < -0.39 is 47.0 Å². The van der Waals surface area contributed by atoms with E-state index in [4.69, 9.17) is 4.74 Å². The van der Waals surface area contributed by atoms with Gasteiger partial charge in [0.2, 0.25) is 11.8 Å². The molecule has 6 atom stereocenters. The standard InChI is InChI=1S/C21H32N2O6/c1-6-10-22(12(3)4)18(26)16-21-9-8-20(5,29-21)15(19(27)28)14(21)17(25)23(16)13(7-2)11-24/h6,12-16,24H,1,7-11H2,2-5H3,(H,27,28)/t13-,14-,15+,16?,20-,21?/m0/s1. The highest BCUT2D eigenvalue weighted by atomic mass is 16.5. The van der Waals surface area contributed by atoms with Crippen molar-refractivity contribution in [3.8, 4) is 0 Å². The lowest BCUT2D eigenvalue weighted by molar-refractivity contribution is -0.159. The fraction of sp³-hybridized carbons (Fsp3) is 0.762. The van der Waals surface area contributed by atoms with Crippen molar-refractivity contribution in [3.63, 3.8) is 0 Å². The number of hydrogen-bond acceptors (Lipinski definition) is 5. The van der Waals surface area contributed by atoms with Crippen molar-refractivity contribution in [2.75, 3.05) is 13.2 Å². The molecule has 1 spiro atoms. The van der Waals surface area contributed by atoms with E-state index in [9.17, 15) is 24.6 Å². The summed E-state index contributed by atoms with van der Waals surface area (Å²) in [5, 5.41) is 19.8. The Balaban J connectivity index is 2.15. The largest absolute Gasteiger partial charge is 0.481 e. The van der Waals surface area contributed by atoms with Gasteiger partial charge in [0.1, 0.15) is 11.6 Å². The minimum atomic E-state index is -1.18. The number of hydrogen-bond donors (Lipinski definition) is 2. The van der Waals surface area contributed by atoms with E-state index in [1.54, 1.807) is 17.9 Å². The average molecular weight is 408 g/mol. The third-order valence-corrected chi connectivity index (χ3v) is 7.02. The van der Waals surface area contributed by atoms with Crippen molar-refractivity contribution in [1.82, 2.24) is 9.80 Å². The molecule has 0 aromatic heterocycles. The van der Waals surface area contributed by atoms with Crippen molar-refractivity contribution < 1.29 is 29.3 Å². The zero-order chi connectivity index (χ0) is 21.7. The van der Waals surface area contributed by atoms with Crippen LogP contribution < -0.4 is 0 Å². The molecular formula is C21H32N2O6. The van der Waals surface area contributed by atoms with Crippen LogP contribution in [0.3, 0.4) is 0 Å². The summed E-state index contributed by atoms with van der Waals surface area (Å²) in [6.45, 7) is 11.1. The summed E-state index contributed by atoms with van der Waals surface area (Å²) in [4.78, 5) is 42.4. The summed E-state index contributed by atoms with van der Waals surface area (Å²) in [5.74, 6) is -3.69. The predicted molar refractivity (Wildman–Crippen MR) is 105 cm³/mol. The number of nitrogens with zero attached hydrogens (tertiary/aromatic N) is 2. The number of fused-ring (bicyclic) bond motifs is 1. The third-order valence-electron chi connectivity index (χ3n) is 7.02. The van der Waals surface area contributed by atoms with Gasteiger partial charge in [-0.3, -0.25) is 14.4 Å². The molecule has 2 amide bonds. The number of rotatable bonds is 8. The number of carboxylic acid groups (broad SMARTS) is 1. The quantitative estimate of drug-likeness (QED) is 0.581. The number of aliphatic hydroxyl groups excluding tert-OH is 1. The molecule has 0 radical (unpaired) electrons. The van der Waals surface area contributed by atoms with Crippen molar-refractivity contribution >= 4 is 17.8 Å². The van der Waals surface area contributed by atoms with E-state index in [1.165, 1.54) is 4.90 Å². The maximum atomic E-state index is 13.8. The second-order valence-corrected chi connectivity index (χ2v) is 8.93. The molecule has 0 aromatic rings. The Bertz CT molecular complexity index is 720. The van der Waals surface area contributed by atoms with Crippen LogP contribution in [-0.2, 0) is 19.1 Å². The Labute approximate surface area is 171 Å². The van der Waals surface area contributed by atoms with Gasteiger partial charge >= 0.3 is 5.97 Å². The van der Waals surface area contributed by atoms with Crippen LogP contribution in [0.1, 0.15) is 47.0 Å². The summed E-state index contributed by atoms with van der Waals surface area (Å²) in [7, 11) is 0. The molecule has 3 fully saturated rings. The molecule has 3 saturated heterocycles. The number of aliphatic carboxylic acids is 1. The Hall–Kier alpha value is -1.93. The Morgan fingerprint density at radius 1 is 1.41 bits per heavy atom. The summed E-state index contributed by atoms with van der Waals surface area (Å²) in [6, 6.07) is -1.66. The molecule has 29 heavy (non-hydrogen) atoms. The zero-order valence-electron chi connectivity index (χ0n) is 17.6. The first kappa shape index (κ1) is 21.8. The van der Waals surface area contributed by atoms with Gasteiger partial charge in [-0.1, -0.05) is 13.0 Å². The summed E-state index contributed by atoms with van der Waals surface area (Å²) in [6.07, 6.45) is 3.00. The monoisotopic (exact) mass is 408 g/mol. The summed E-state index contributed by atoms with van der Waals surface area (Å²) in [5.41, 5.74) is -2.15. The molecule has 3 aliphatic heterocycles. The summed E-state index contributed by atoms with van der Waals surface area (Å²) >= 11 is 0. The Morgan fingerprint density at radius 3 is 2.55 bits per heavy atom. The molecule has 8 heteroatoms. The molecule has 0 aliphatic carbocycles. The van der Waals surface area contributed by atoms with Crippen LogP contribution in [0.25, 0.3) is 0 Å². The zero-order valence-corrected chi connectivity index (χ0v) is 17.6. The molecule has 3 rings (SSSR count). The predicted octanol–water partition coefficient (Wildman–Crippen LogP) is 1.03. The number of amides is 2. The maximum Gasteiger partial charge on any atom is 0.310 e. The van der Waals surface area contributed by atoms with Crippen LogP contribution in [0.15, 0.2) is 12.7 Å². The molecule has 0 saturated carbocycles. The molecule has 0 aromatic carbocycles. The Morgan fingerprint density at radius 2 is 2.07 bits per heavy atom. The molecule has 3 aliphatic rings. The summed E-state index contributed by atoms with van der Waals surface area (Å²) < 4.78 is 6.33. The van der Waals surface area contributed by atoms with Crippen LogP contribution in [0, 0.1) is 11.8 Å². The van der Waals surface area contributed by atoms with Gasteiger partial charge < -0.3 is 24.7 Å². The lowest BCUT2D eigenvalue weighted by Crippen LogP contribution is -2.59. The number of carbonyl (C=O) groups excluding carboxylic acids is 2. The minimum Gasteiger partial charge on any atom is -0.481 e. The second-order valence-electron chi connectivity index (χ2n) is 8.93. The highest BCUT2D eigenvalue weighted by molar-refractivity contribution is 5.98. The van der Waals surface area contributed by atoms with Gasteiger partial charge in [-0.2, -0.15) is 0 Å². The van der Waals surface area contributed by atoms with Crippen molar-refractivity contribution in [2.45, 2.75) is 76.3 Å². The van der Waals surface area contributed by atoms with Gasteiger partial charge in [-0.15, -0.1) is 6.58 Å². The Kier molecular flexibility index (Phi) is 5.55. The fourth-order valence-corrected chi connectivity index (χ4v) is 5.68. The van der Waals surface area contributed by atoms with Gasteiger partial charge in [-0.05, 0) is 40.0 Å². The van der Waals surface area contributed by atoms with E-state index in [0.29, 0.717) is 25.8 Å². The van der Waals surface area contributed by atoms with Gasteiger partial charge in [0.15, 0.2) is 0 Å². The number of ether oxygens (including phenoxy) is 1. The fourth-order valence-electron chi connectivity index (χ4n) is 5.68. The lowest BCUT2D eigenvalue weighted by Gasteiger charge is -2.40. The molecule has 8 nitrogen and oxygen atoms in total. The van der Waals surface area contributed by atoms with Crippen LogP contribution in [-0.4, -0.2) is 80.3 Å². The highest BCUT2D eigenvalue weighted by Gasteiger charge is 2.78. The van der Waals surface area contributed by atoms with Gasteiger partial charge in [0.05, 0.1) is 30.1 Å². The van der Waals surface area contributed by atoms with E-state index in [2.05, 4.69) is 6.58 Å². The molecule has 2 unspecified atom stereocenters. The van der Waals surface area contributed by atoms with E-state index in [1.807, 2.05) is 20.8 Å². The third kappa shape index (κ3) is 2.91. The average Bonchev–Trinajstić information content (AvgIpc) is 3.21. The molecular weight excluding hydrogens is 376 g/mol. The van der Waals surface area contributed by atoms with E-state index >= 15 is 0 Å². The normalized spacial score (nSPS) is 36.4. The number of carbonyl (C=O) groups is 3. The van der Waals surface area contributed by atoms with Crippen molar-refractivity contribution in [1.29, 1.82) is 0 Å². The number of likely N-dealkylation sites (tertiary alicyclic amines) is 1. The van der Waals surface area contributed by atoms with Crippen LogP contribution in [0.4, 0.5) is 0 Å². The van der Waals surface area contributed by atoms with Gasteiger partial charge in [-0.25, -0.2) is 0 Å². The topological polar surface area (TPSA) is 107 Å². The minimum absolute atomic E-state index is 0.133. The molecule has 3 heterocycles. The van der Waals surface area contributed by atoms with E-state index in [-0.39, 0.29) is 18.6 Å². The molecule has 2 N–H and O–H groups in total. The van der Waals surface area contributed by atoms with E-state index in [0.717, 1.165) is 0 Å². The van der Waals surface area contributed by atoms with Crippen LogP contribution >= 0.6 is 0 Å². The van der Waals surface area contributed by atoms with Crippen LogP contribution in [0.2, 0.25) is 0 Å². The highest BCUT2D eigenvalue weighted by Crippen LogP contribution is 2.63. The second kappa shape index (κ2) is 7.40. The number of aliphatic hydroxyl groups is 1. The van der Waals surface area contributed by atoms with Crippen molar-refractivity contribution in [3.05, 3.63) is 12.7 Å². The van der Waals surface area contributed by atoms with Crippen molar-refractivity contribution in [2.24, 2.45) is 11.8 Å². The first-order chi connectivity index (χ1) is 13.6. The van der Waals surface area contributed by atoms with Crippen LogP contribution in [0.5, 0.6) is 0 Å². The number of carboxylic acids is 1. The van der Waals surface area contributed by atoms with Gasteiger partial charge in [0.25, 0.3) is 0 Å². The smallest absolute Gasteiger partial charge is 0.310 e.